The van der Waals surface area contributed by atoms with E-state index in [9.17, 15) is 4.79 Å². The van der Waals surface area contributed by atoms with E-state index >= 15 is 0 Å². The van der Waals surface area contributed by atoms with E-state index in [0.717, 1.165) is 17.7 Å². The third-order valence-corrected chi connectivity index (χ3v) is 3.18. The molecule has 0 unspecified atom stereocenters. The molecule has 0 saturated heterocycles. The number of nitrogens with one attached hydrogen (secondary N) is 1. The Balaban J connectivity index is 2.41. The molecule has 0 radical (unpaired) electrons. The lowest BCUT2D eigenvalue weighted by Crippen LogP contribution is -2.29. The van der Waals surface area contributed by atoms with Crippen molar-refractivity contribution in [2.45, 2.75) is 40.2 Å². The van der Waals surface area contributed by atoms with Crippen molar-refractivity contribution in [1.82, 2.24) is 10.3 Å². The number of carbonyl (C=O) groups is 1. The molecule has 0 saturated carbocycles. The van der Waals surface area contributed by atoms with Gasteiger partial charge in [-0.1, -0.05) is 19.9 Å². The Morgan fingerprint density at radius 2 is 2.21 bits per heavy atom. The summed E-state index contributed by atoms with van der Waals surface area (Å²) in [5, 5.41) is 2.92. The van der Waals surface area contributed by atoms with Crippen LogP contribution in [-0.2, 0) is 11.3 Å². The molecule has 0 spiro atoms. The molecule has 0 aliphatic carbocycles. The van der Waals surface area contributed by atoms with Gasteiger partial charge in [0.25, 0.3) is 0 Å². The third-order valence-electron chi connectivity index (χ3n) is 3.18. The minimum absolute atomic E-state index is 0.0566. The van der Waals surface area contributed by atoms with Gasteiger partial charge in [-0.25, -0.2) is 0 Å². The maximum absolute atomic E-state index is 11.9. The first-order valence-corrected chi connectivity index (χ1v) is 6.90. The zero-order valence-electron chi connectivity index (χ0n) is 12.1. The van der Waals surface area contributed by atoms with E-state index in [1.807, 2.05) is 19.1 Å². The number of hydrogen-bond donors (Lipinski definition) is 2. The van der Waals surface area contributed by atoms with Crippen molar-refractivity contribution in [3.63, 3.8) is 0 Å². The van der Waals surface area contributed by atoms with Gasteiger partial charge in [-0.05, 0) is 43.4 Å². The molecule has 4 heteroatoms. The molecule has 1 aromatic heterocycles. The zero-order valence-corrected chi connectivity index (χ0v) is 12.1. The van der Waals surface area contributed by atoms with Gasteiger partial charge in [-0.2, -0.15) is 0 Å². The Bertz CT molecular complexity index is 404. The second kappa shape index (κ2) is 7.89. The van der Waals surface area contributed by atoms with Gasteiger partial charge in [-0.15, -0.1) is 0 Å². The van der Waals surface area contributed by atoms with Crippen LogP contribution in [0.4, 0.5) is 0 Å². The number of aromatic nitrogens is 1. The van der Waals surface area contributed by atoms with E-state index < -0.39 is 0 Å². The molecule has 0 fully saturated rings. The number of rotatable bonds is 7. The number of nitrogens with two attached hydrogens (primary N) is 1. The summed E-state index contributed by atoms with van der Waals surface area (Å²) in [5.74, 6) is 0.894. The van der Waals surface area contributed by atoms with Gasteiger partial charge in [0.2, 0.25) is 5.91 Å². The number of aryl methyl sites for hydroxylation is 1. The average molecular weight is 263 g/mol. The van der Waals surface area contributed by atoms with E-state index in [4.69, 9.17) is 5.73 Å². The highest BCUT2D eigenvalue weighted by atomic mass is 16.1. The minimum atomic E-state index is 0.0566. The van der Waals surface area contributed by atoms with Crippen LogP contribution in [0.15, 0.2) is 18.3 Å². The normalized spacial score (nSPS) is 12.5. The second-order valence-electron chi connectivity index (χ2n) is 5.48. The maximum atomic E-state index is 11.9. The van der Waals surface area contributed by atoms with Crippen molar-refractivity contribution in [2.24, 2.45) is 17.6 Å². The van der Waals surface area contributed by atoms with Crippen LogP contribution < -0.4 is 11.1 Å². The summed E-state index contributed by atoms with van der Waals surface area (Å²) in [6.45, 7) is 7.35. The fourth-order valence-corrected chi connectivity index (χ4v) is 2.15. The molecule has 19 heavy (non-hydrogen) atoms. The van der Waals surface area contributed by atoms with Crippen LogP contribution >= 0.6 is 0 Å². The van der Waals surface area contributed by atoms with Crippen molar-refractivity contribution in [3.05, 3.63) is 29.6 Å². The van der Waals surface area contributed by atoms with Crippen LogP contribution in [0.5, 0.6) is 0 Å². The molecule has 4 nitrogen and oxygen atoms in total. The molecule has 106 valence electrons. The Hall–Kier alpha value is -1.42. The summed E-state index contributed by atoms with van der Waals surface area (Å²) in [5.41, 5.74) is 7.73. The van der Waals surface area contributed by atoms with Crippen LogP contribution in [0.3, 0.4) is 0 Å². The van der Waals surface area contributed by atoms with E-state index in [2.05, 4.69) is 24.1 Å². The van der Waals surface area contributed by atoms with Gasteiger partial charge >= 0.3 is 0 Å². The molecule has 0 aliphatic heterocycles. The number of hydrogen-bond acceptors (Lipinski definition) is 3. The van der Waals surface area contributed by atoms with Crippen molar-refractivity contribution in [3.8, 4) is 0 Å². The van der Waals surface area contributed by atoms with E-state index in [-0.39, 0.29) is 11.8 Å². The first kappa shape index (κ1) is 15.6. The van der Waals surface area contributed by atoms with Crippen LogP contribution in [-0.4, -0.2) is 17.4 Å². The topological polar surface area (TPSA) is 68.0 Å². The Labute approximate surface area is 115 Å². The lowest BCUT2D eigenvalue weighted by molar-refractivity contribution is -0.122. The monoisotopic (exact) mass is 263 g/mol. The highest BCUT2D eigenvalue weighted by Gasteiger charge is 2.14. The smallest absolute Gasteiger partial charge is 0.220 e. The van der Waals surface area contributed by atoms with Gasteiger partial charge in [0, 0.05) is 12.6 Å². The summed E-state index contributed by atoms with van der Waals surface area (Å²) >= 11 is 0. The number of amides is 1. The van der Waals surface area contributed by atoms with E-state index in [1.54, 1.807) is 6.20 Å². The molecule has 0 aromatic carbocycles. The molecular formula is C15H25N3O. The van der Waals surface area contributed by atoms with Crippen LogP contribution in [0.2, 0.25) is 0 Å². The van der Waals surface area contributed by atoms with Crippen molar-refractivity contribution >= 4 is 5.91 Å². The molecule has 0 aliphatic rings. The molecule has 1 aromatic rings. The molecule has 3 N–H and O–H groups in total. The molecule has 1 heterocycles. The van der Waals surface area contributed by atoms with Gasteiger partial charge in [0.1, 0.15) is 0 Å². The summed E-state index contributed by atoms with van der Waals surface area (Å²) in [4.78, 5) is 16.1. The maximum Gasteiger partial charge on any atom is 0.220 e. The molecule has 1 rings (SSSR count). The molecule has 1 amide bonds. The standard InChI is InChI=1S/C15H25N3O/c1-11(2)7-13(9-16)8-15(19)18-10-14-12(3)5-4-6-17-14/h4-6,11,13H,7-10,16H2,1-3H3,(H,18,19)/t13-/m0/s1. The quantitative estimate of drug-likeness (QED) is 0.791. The minimum Gasteiger partial charge on any atom is -0.350 e. The largest absolute Gasteiger partial charge is 0.350 e. The van der Waals surface area contributed by atoms with Crippen molar-refractivity contribution < 1.29 is 4.79 Å². The first-order valence-electron chi connectivity index (χ1n) is 6.90. The molecular weight excluding hydrogens is 238 g/mol. The van der Waals surface area contributed by atoms with Crippen molar-refractivity contribution in [1.29, 1.82) is 0 Å². The molecule has 0 bridgehead atoms. The van der Waals surface area contributed by atoms with Crippen molar-refractivity contribution in [2.75, 3.05) is 6.54 Å². The highest BCUT2D eigenvalue weighted by Crippen LogP contribution is 2.14. The summed E-state index contributed by atoms with van der Waals surface area (Å²) in [6.07, 6.45) is 3.24. The SMILES string of the molecule is Cc1cccnc1CNC(=O)C[C@@H](CN)CC(C)C. The number of nitrogens with zero attached hydrogens (tertiary/aromatic N) is 1. The zero-order chi connectivity index (χ0) is 14.3. The Morgan fingerprint density at radius 3 is 2.79 bits per heavy atom. The van der Waals surface area contributed by atoms with Gasteiger partial charge in [-0.3, -0.25) is 9.78 Å². The first-order chi connectivity index (χ1) is 9.02. The lowest BCUT2D eigenvalue weighted by atomic mass is 9.94. The van der Waals surface area contributed by atoms with Gasteiger partial charge in [0.15, 0.2) is 0 Å². The Kier molecular flexibility index (Phi) is 6.50. The fourth-order valence-electron chi connectivity index (χ4n) is 2.15. The molecule has 1 atom stereocenters. The lowest BCUT2D eigenvalue weighted by Gasteiger charge is -2.16. The highest BCUT2D eigenvalue weighted by molar-refractivity contribution is 5.76. The van der Waals surface area contributed by atoms with E-state index in [1.165, 1.54) is 0 Å². The Morgan fingerprint density at radius 1 is 1.47 bits per heavy atom. The second-order valence-corrected chi connectivity index (χ2v) is 5.48. The fraction of sp³-hybridized carbons (Fsp3) is 0.600. The number of carbonyl (C=O) groups excluding carboxylic acids is 1. The van der Waals surface area contributed by atoms with Crippen LogP contribution in [0.25, 0.3) is 0 Å². The summed E-state index contributed by atoms with van der Waals surface area (Å²) in [7, 11) is 0. The summed E-state index contributed by atoms with van der Waals surface area (Å²) in [6, 6.07) is 3.89. The predicted molar refractivity (Wildman–Crippen MR) is 77.4 cm³/mol. The van der Waals surface area contributed by atoms with E-state index in [0.29, 0.717) is 25.4 Å². The van der Waals surface area contributed by atoms with Crippen LogP contribution in [0, 0.1) is 18.8 Å². The summed E-state index contributed by atoms with van der Waals surface area (Å²) < 4.78 is 0. The van der Waals surface area contributed by atoms with Gasteiger partial charge < -0.3 is 11.1 Å². The number of pyridine rings is 1. The average Bonchev–Trinajstić information content (AvgIpc) is 2.36. The third kappa shape index (κ3) is 5.83. The van der Waals surface area contributed by atoms with Gasteiger partial charge in [0.05, 0.1) is 12.2 Å². The predicted octanol–water partition coefficient (Wildman–Crippen LogP) is 2.02. The van der Waals surface area contributed by atoms with Crippen LogP contribution in [0.1, 0.15) is 37.9 Å².